The number of ether oxygens (including phenoxy) is 1. The molecule has 0 saturated heterocycles. The van der Waals surface area contributed by atoms with Crippen molar-refractivity contribution >= 4 is 28.7 Å². The Morgan fingerprint density at radius 3 is 2.17 bits per heavy atom. The van der Waals surface area contributed by atoms with Crippen molar-refractivity contribution in [3.8, 4) is 0 Å². The van der Waals surface area contributed by atoms with E-state index in [4.69, 9.17) is 4.74 Å². The first kappa shape index (κ1) is 17.7. The van der Waals surface area contributed by atoms with E-state index in [1.165, 1.54) is 0 Å². The first-order valence-corrected chi connectivity index (χ1v) is 7.92. The van der Waals surface area contributed by atoms with Crippen LogP contribution >= 0.6 is 22.6 Å². The maximum Gasteiger partial charge on any atom is 0.410 e. The highest BCUT2D eigenvalue weighted by molar-refractivity contribution is 14.1. The normalized spacial score (nSPS) is 12.5. The molecule has 0 aliphatic rings. The molecule has 18 heavy (non-hydrogen) atoms. The molecule has 0 radical (unpaired) electrons. The lowest BCUT2D eigenvalue weighted by atomic mass is 9.96. The lowest BCUT2D eigenvalue weighted by Gasteiger charge is -2.29. The zero-order chi connectivity index (χ0) is 14.3. The van der Waals surface area contributed by atoms with Crippen LogP contribution in [-0.4, -0.2) is 34.1 Å². The molecule has 3 nitrogen and oxygen atoms in total. The number of hydrogen-bond donors (Lipinski definition) is 0. The van der Waals surface area contributed by atoms with Gasteiger partial charge in [0.1, 0.15) is 6.61 Å². The number of hydrogen-bond acceptors (Lipinski definition) is 2. The van der Waals surface area contributed by atoms with Crippen molar-refractivity contribution in [2.45, 2.75) is 53.6 Å². The third-order valence-corrected chi connectivity index (χ3v) is 4.51. The van der Waals surface area contributed by atoms with Gasteiger partial charge in [-0.15, -0.1) is 0 Å². The highest BCUT2D eigenvalue weighted by atomic mass is 127. The van der Waals surface area contributed by atoms with Crippen LogP contribution in [0.5, 0.6) is 0 Å². The maximum atomic E-state index is 11.9. The van der Waals surface area contributed by atoms with E-state index in [0.29, 0.717) is 6.61 Å². The monoisotopic (exact) mass is 367 g/mol. The van der Waals surface area contributed by atoms with E-state index >= 15 is 0 Å². The Labute approximate surface area is 125 Å². The molecule has 0 aliphatic carbocycles. The highest BCUT2D eigenvalue weighted by Gasteiger charge is 2.21. The summed E-state index contributed by atoms with van der Waals surface area (Å²) < 4.78 is 6.31. The van der Waals surface area contributed by atoms with Crippen LogP contribution in [0.15, 0.2) is 12.2 Å². The average Bonchev–Trinajstić information content (AvgIpc) is 2.23. The van der Waals surface area contributed by atoms with Crippen LogP contribution in [0.3, 0.4) is 0 Å². The summed E-state index contributed by atoms with van der Waals surface area (Å²) in [6.07, 6.45) is 3.79. The third kappa shape index (κ3) is 6.61. The molecule has 0 aromatic heterocycles. The van der Waals surface area contributed by atoms with Gasteiger partial charge >= 0.3 is 6.09 Å². The molecule has 0 saturated carbocycles. The van der Waals surface area contributed by atoms with Crippen molar-refractivity contribution in [3.63, 3.8) is 0 Å². The fourth-order valence-electron chi connectivity index (χ4n) is 1.62. The minimum Gasteiger partial charge on any atom is -0.445 e. The molecule has 0 N–H and O–H groups in total. The molecule has 0 heterocycles. The molecule has 0 unspecified atom stereocenters. The number of alkyl halides is 1. The summed E-state index contributed by atoms with van der Waals surface area (Å²) in [5.74, 6) is 0. The van der Waals surface area contributed by atoms with E-state index in [-0.39, 0.29) is 23.6 Å². The van der Waals surface area contributed by atoms with E-state index < -0.39 is 0 Å². The van der Waals surface area contributed by atoms with Crippen molar-refractivity contribution in [2.24, 2.45) is 5.41 Å². The van der Waals surface area contributed by atoms with E-state index in [1.54, 1.807) is 4.90 Å². The summed E-state index contributed by atoms with van der Waals surface area (Å²) in [5, 5.41) is 0. The van der Waals surface area contributed by atoms with E-state index in [9.17, 15) is 4.79 Å². The van der Waals surface area contributed by atoms with Crippen LogP contribution in [0.2, 0.25) is 0 Å². The molecule has 0 aromatic carbocycles. The predicted octanol–water partition coefficient (Wildman–Crippen LogP) is 4.26. The van der Waals surface area contributed by atoms with Crippen LogP contribution in [-0.2, 0) is 4.74 Å². The number of amides is 1. The SMILES string of the molecule is CC(C)N(C(=O)OC/C=C/C(C)(C)CI)C(C)C. The molecule has 0 aliphatic heterocycles. The Kier molecular flexibility index (Phi) is 7.90. The lowest BCUT2D eigenvalue weighted by molar-refractivity contribution is 0.0874. The van der Waals surface area contributed by atoms with Gasteiger partial charge in [-0.05, 0) is 33.1 Å². The van der Waals surface area contributed by atoms with Gasteiger partial charge in [-0.1, -0.05) is 48.6 Å². The van der Waals surface area contributed by atoms with Crippen LogP contribution < -0.4 is 0 Å². The van der Waals surface area contributed by atoms with Gasteiger partial charge < -0.3 is 9.64 Å². The Morgan fingerprint density at radius 1 is 1.28 bits per heavy atom. The lowest BCUT2D eigenvalue weighted by Crippen LogP contribution is -2.42. The topological polar surface area (TPSA) is 29.5 Å². The van der Waals surface area contributed by atoms with Gasteiger partial charge in [-0.25, -0.2) is 4.79 Å². The van der Waals surface area contributed by atoms with Crippen LogP contribution in [0.1, 0.15) is 41.5 Å². The Hall–Kier alpha value is -0.260. The Balaban J connectivity index is 4.26. The molecule has 0 spiro atoms. The molecule has 0 atom stereocenters. The minimum atomic E-state index is -0.239. The van der Waals surface area contributed by atoms with Gasteiger partial charge in [0.2, 0.25) is 0 Å². The summed E-state index contributed by atoms with van der Waals surface area (Å²) in [5.41, 5.74) is 0.156. The van der Waals surface area contributed by atoms with Gasteiger partial charge in [0.25, 0.3) is 0 Å². The molecule has 0 aromatic rings. The Bertz CT molecular complexity index is 278. The van der Waals surface area contributed by atoms with Crippen molar-refractivity contribution in [3.05, 3.63) is 12.2 Å². The first-order chi connectivity index (χ1) is 8.21. The fourth-order valence-corrected chi connectivity index (χ4v) is 1.88. The third-order valence-electron chi connectivity index (χ3n) is 2.54. The highest BCUT2D eigenvalue weighted by Crippen LogP contribution is 2.19. The zero-order valence-corrected chi connectivity index (χ0v) is 14.5. The van der Waals surface area contributed by atoms with E-state index in [2.05, 4.69) is 42.5 Å². The van der Waals surface area contributed by atoms with Crippen LogP contribution in [0.4, 0.5) is 4.79 Å². The molecular weight excluding hydrogens is 341 g/mol. The van der Waals surface area contributed by atoms with Crippen molar-refractivity contribution in [1.82, 2.24) is 4.90 Å². The summed E-state index contributed by atoms with van der Waals surface area (Å²) >= 11 is 2.36. The number of carbonyl (C=O) groups is 1. The van der Waals surface area contributed by atoms with Crippen molar-refractivity contribution in [1.29, 1.82) is 0 Å². The molecular formula is C14H26INO2. The van der Waals surface area contributed by atoms with Gasteiger partial charge in [0.05, 0.1) is 0 Å². The molecule has 4 heteroatoms. The smallest absolute Gasteiger partial charge is 0.410 e. The van der Waals surface area contributed by atoms with Gasteiger partial charge in [0, 0.05) is 16.5 Å². The van der Waals surface area contributed by atoms with Gasteiger partial charge in [0.15, 0.2) is 0 Å². The quantitative estimate of drug-likeness (QED) is 0.399. The van der Waals surface area contributed by atoms with Crippen LogP contribution in [0.25, 0.3) is 0 Å². The summed E-state index contributed by atoms with van der Waals surface area (Å²) in [6.45, 7) is 12.6. The predicted molar refractivity (Wildman–Crippen MR) is 85.3 cm³/mol. The number of carbonyl (C=O) groups excluding carboxylic acids is 1. The summed E-state index contributed by atoms with van der Waals surface area (Å²) in [4.78, 5) is 13.6. The fraction of sp³-hybridized carbons (Fsp3) is 0.786. The van der Waals surface area contributed by atoms with Gasteiger partial charge in [-0.2, -0.15) is 0 Å². The number of allylic oxidation sites excluding steroid dienone is 1. The Morgan fingerprint density at radius 2 is 1.78 bits per heavy atom. The second kappa shape index (κ2) is 8.02. The van der Waals surface area contributed by atoms with Crippen molar-refractivity contribution in [2.75, 3.05) is 11.0 Å². The second-order valence-electron chi connectivity index (χ2n) is 5.70. The van der Waals surface area contributed by atoms with Gasteiger partial charge in [-0.3, -0.25) is 0 Å². The molecule has 106 valence electrons. The number of rotatable bonds is 6. The van der Waals surface area contributed by atoms with Crippen molar-refractivity contribution < 1.29 is 9.53 Å². The average molecular weight is 367 g/mol. The minimum absolute atomic E-state index is 0.156. The maximum absolute atomic E-state index is 11.9. The molecule has 0 fully saturated rings. The molecule has 1 amide bonds. The molecule has 0 rings (SSSR count). The van der Waals surface area contributed by atoms with E-state index in [0.717, 1.165) is 4.43 Å². The zero-order valence-electron chi connectivity index (χ0n) is 12.4. The second-order valence-corrected chi connectivity index (χ2v) is 6.46. The number of nitrogens with zero attached hydrogens (tertiary/aromatic N) is 1. The standard InChI is InChI=1S/C14H26INO2/c1-11(2)16(12(3)4)13(17)18-9-7-8-14(5,6)10-15/h7-8,11-12H,9-10H2,1-6H3/b8-7+. The summed E-state index contributed by atoms with van der Waals surface area (Å²) in [7, 11) is 0. The van der Waals surface area contributed by atoms with E-state index in [1.807, 2.05) is 33.8 Å². The summed E-state index contributed by atoms with van der Waals surface area (Å²) in [6, 6.07) is 0.319. The number of halogens is 1. The molecule has 0 bridgehead atoms. The first-order valence-electron chi connectivity index (χ1n) is 6.40. The largest absolute Gasteiger partial charge is 0.445 e. The van der Waals surface area contributed by atoms with Crippen LogP contribution in [0, 0.1) is 5.41 Å².